The lowest BCUT2D eigenvalue weighted by molar-refractivity contribution is -0.121. The lowest BCUT2D eigenvalue weighted by Crippen LogP contribution is -2.20. The van der Waals surface area contributed by atoms with Gasteiger partial charge in [-0.25, -0.2) is 0 Å². The van der Waals surface area contributed by atoms with Gasteiger partial charge >= 0.3 is 0 Å². The number of Topliss-reactive ketones (excluding diaryl/α,β-unsaturated/α-hetero) is 1. The van der Waals surface area contributed by atoms with Crippen LogP contribution in [0.1, 0.15) is 62.2 Å². The molecule has 0 saturated heterocycles. The largest absolute Gasteiger partial charge is 0.493 e. The zero-order chi connectivity index (χ0) is 27.0. The minimum Gasteiger partial charge on any atom is -0.493 e. The molecule has 1 aliphatic rings. The summed E-state index contributed by atoms with van der Waals surface area (Å²) in [6.45, 7) is 5.94. The monoisotopic (exact) mass is 522 g/mol. The molecule has 0 radical (unpaired) electrons. The maximum Gasteiger partial charge on any atom is 0.136 e. The highest BCUT2D eigenvalue weighted by atomic mass is 16.5. The van der Waals surface area contributed by atoms with E-state index < -0.39 is 6.10 Å². The lowest BCUT2D eigenvalue weighted by atomic mass is 9.83. The van der Waals surface area contributed by atoms with E-state index in [0.29, 0.717) is 51.8 Å². The zero-order valence-corrected chi connectivity index (χ0v) is 22.6. The molecular formula is C32H42O6. The third kappa shape index (κ3) is 10.5. The van der Waals surface area contributed by atoms with Crippen molar-refractivity contribution in [3.63, 3.8) is 0 Å². The molecule has 0 aromatic heterocycles. The van der Waals surface area contributed by atoms with Crippen LogP contribution >= 0.6 is 0 Å². The Morgan fingerprint density at radius 3 is 2.26 bits per heavy atom. The third-order valence-electron chi connectivity index (χ3n) is 7.00. The second-order valence-electron chi connectivity index (χ2n) is 9.87. The second-order valence-corrected chi connectivity index (χ2v) is 9.87. The number of methoxy groups -OCH3 is 1. The van der Waals surface area contributed by atoms with E-state index in [9.17, 15) is 9.90 Å². The van der Waals surface area contributed by atoms with E-state index in [-0.39, 0.29) is 11.7 Å². The molecule has 2 aromatic carbocycles. The van der Waals surface area contributed by atoms with Crippen LogP contribution in [0.25, 0.3) is 6.08 Å². The minimum atomic E-state index is -0.697. The summed E-state index contributed by atoms with van der Waals surface area (Å²) >= 11 is 0. The summed E-state index contributed by atoms with van der Waals surface area (Å²) in [6, 6.07) is 15.1. The Morgan fingerprint density at radius 1 is 0.974 bits per heavy atom. The van der Waals surface area contributed by atoms with Crippen LogP contribution in [0, 0.1) is 11.8 Å². The number of rotatable bonds is 18. The first-order valence-corrected chi connectivity index (χ1v) is 13.7. The van der Waals surface area contributed by atoms with E-state index in [1.54, 1.807) is 13.2 Å². The molecule has 206 valence electrons. The highest BCUT2D eigenvalue weighted by Crippen LogP contribution is 2.37. The molecule has 1 saturated carbocycles. The Kier molecular flexibility index (Phi) is 13.2. The maximum absolute atomic E-state index is 12.9. The van der Waals surface area contributed by atoms with E-state index in [0.717, 1.165) is 29.0 Å². The van der Waals surface area contributed by atoms with E-state index in [1.165, 1.54) is 25.7 Å². The normalized spacial score (nSPS) is 15.0. The Bertz CT molecular complexity index is 988. The number of aliphatic hydroxyl groups excluding tert-OH is 1. The number of carbonyl (C=O) groups is 1. The summed E-state index contributed by atoms with van der Waals surface area (Å²) in [6.07, 6.45) is 7.46. The Morgan fingerprint density at radius 2 is 1.61 bits per heavy atom. The van der Waals surface area contributed by atoms with Crippen molar-refractivity contribution in [2.45, 2.75) is 51.0 Å². The van der Waals surface area contributed by atoms with Crippen molar-refractivity contribution in [2.75, 3.05) is 40.1 Å². The molecular weight excluding hydrogens is 480 g/mol. The van der Waals surface area contributed by atoms with Gasteiger partial charge in [-0.2, -0.15) is 0 Å². The molecule has 0 heterocycles. The number of aliphatic hydroxyl groups is 1. The van der Waals surface area contributed by atoms with Gasteiger partial charge in [-0.05, 0) is 59.7 Å². The van der Waals surface area contributed by atoms with Crippen LogP contribution in [0.5, 0.6) is 11.5 Å². The fourth-order valence-electron chi connectivity index (χ4n) is 4.95. The summed E-state index contributed by atoms with van der Waals surface area (Å²) in [5.41, 5.74) is 4.56. The molecule has 1 aliphatic carbocycles. The van der Waals surface area contributed by atoms with Gasteiger partial charge in [0, 0.05) is 20.0 Å². The Hall–Kier alpha value is -2.89. The van der Waals surface area contributed by atoms with Gasteiger partial charge in [0.2, 0.25) is 0 Å². The molecule has 38 heavy (non-hydrogen) atoms. The van der Waals surface area contributed by atoms with E-state index in [2.05, 4.69) is 12.3 Å². The summed E-state index contributed by atoms with van der Waals surface area (Å²) < 4.78 is 21.9. The fraction of sp³-hybridized carbons (Fsp3) is 0.500. The summed E-state index contributed by atoms with van der Waals surface area (Å²) in [5.74, 6) is 2.03. The molecule has 2 unspecified atom stereocenters. The van der Waals surface area contributed by atoms with Crippen molar-refractivity contribution in [3.8, 4) is 11.5 Å². The molecule has 6 heteroatoms. The average Bonchev–Trinajstić information content (AvgIpc) is 3.45. The van der Waals surface area contributed by atoms with E-state index in [1.807, 2.05) is 48.5 Å². The standard InChI is InChI=1S/C32H42O6/c1-3-6-25-9-13-30(14-10-25)37-18-17-29(33)24-28(23-26-7-4-5-8-26)32(34)27-11-15-31(16-12-27)38-22-21-36-20-19-35-2/h6,9-16,26,28,32,34H,1,4-5,7-8,17-24H2,2H3. The molecule has 1 N–H and O–H groups in total. The molecule has 2 atom stereocenters. The summed E-state index contributed by atoms with van der Waals surface area (Å²) in [4.78, 5) is 12.9. The molecule has 3 rings (SSSR count). The predicted octanol–water partition coefficient (Wildman–Crippen LogP) is 6.18. The first-order valence-electron chi connectivity index (χ1n) is 13.7. The maximum atomic E-state index is 12.9. The van der Waals surface area contributed by atoms with Gasteiger partial charge < -0.3 is 24.1 Å². The van der Waals surface area contributed by atoms with Gasteiger partial charge in [0.25, 0.3) is 0 Å². The third-order valence-corrected chi connectivity index (χ3v) is 7.00. The summed E-state index contributed by atoms with van der Waals surface area (Å²) in [5, 5.41) is 11.3. The van der Waals surface area contributed by atoms with Gasteiger partial charge in [-0.3, -0.25) is 4.79 Å². The highest BCUT2D eigenvalue weighted by Gasteiger charge is 2.28. The Balaban J connectivity index is 1.50. The smallest absolute Gasteiger partial charge is 0.136 e. The van der Waals surface area contributed by atoms with Crippen molar-refractivity contribution in [1.29, 1.82) is 0 Å². The SMILES string of the molecule is C=C=Cc1ccc(OCCC(=O)CC(CC2CCCC2)C(O)c2ccc(OCCOCCOC)cc2)cc1. The van der Waals surface area contributed by atoms with Crippen LogP contribution in [0.15, 0.2) is 60.8 Å². The van der Waals surface area contributed by atoms with Gasteiger partial charge in [-0.15, -0.1) is 5.73 Å². The van der Waals surface area contributed by atoms with Gasteiger partial charge in [0.15, 0.2) is 0 Å². The molecule has 2 aromatic rings. The fourth-order valence-corrected chi connectivity index (χ4v) is 4.95. The number of benzene rings is 2. The van der Waals surface area contributed by atoms with Gasteiger partial charge in [0.1, 0.15) is 23.9 Å². The van der Waals surface area contributed by atoms with Crippen molar-refractivity contribution < 1.29 is 28.8 Å². The average molecular weight is 523 g/mol. The van der Waals surface area contributed by atoms with Crippen LogP contribution in [-0.2, 0) is 14.3 Å². The Labute approximate surface area is 227 Å². The molecule has 0 amide bonds. The zero-order valence-electron chi connectivity index (χ0n) is 22.6. The van der Waals surface area contributed by atoms with Crippen LogP contribution in [0.4, 0.5) is 0 Å². The number of hydrogen-bond donors (Lipinski definition) is 1. The highest BCUT2D eigenvalue weighted by molar-refractivity contribution is 5.78. The molecule has 6 nitrogen and oxygen atoms in total. The quantitative estimate of drug-likeness (QED) is 0.186. The number of ketones is 1. The minimum absolute atomic E-state index is 0.114. The number of carbonyl (C=O) groups excluding carboxylic acids is 1. The first-order chi connectivity index (χ1) is 18.6. The molecule has 0 spiro atoms. The second kappa shape index (κ2) is 16.8. The van der Waals surface area contributed by atoms with E-state index in [4.69, 9.17) is 18.9 Å². The predicted molar refractivity (Wildman–Crippen MR) is 149 cm³/mol. The van der Waals surface area contributed by atoms with Crippen molar-refractivity contribution in [2.24, 2.45) is 11.8 Å². The van der Waals surface area contributed by atoms with Crippen LogP contribution in [0.2, 0.25) is 0 Å². The van der Waals surface area contributed by atoms with Crippen molar-refractivity contribution >= 4 is 11.9 Å². The number of ether oxygens (including phenoxy) is 4. The van der Waals surface area contributed by atoms with Crippen LogP contribution < -0.4 is 9.47 Å². The molecule has 0 aliphatic heterocycles. The van der Waals surface area contributed by atoms with Gasteiger partial charge in [0.05, 0.1) is 32.5 Å². The lowest BCUT2D eigenvalue weighted by Gasteiger charge is -2.26. The topological polar surface area (TPSA) is 74.2 Å². The van der Waals surface area contributed by atoms with Gasteiger partial charge in [-0.1, -0.05) is 56.5 Å². The van der Waals surface area contributed by atoms with Crippen LogP contribution in [0.3, 0.4) is 0 Å². The first kappa shape index (κ1) is 29.7. The summed E-state index contributed by atoms with van der Waals surface area (Å²) in [7, 11) is 1.64. The van der Waals surface area contributed by atoms with Crippen LogP contribution in [-0.4, -0.2) is 51.0 Å². The number of hydrogen-bond acceptors (Lipinski definition) is 6. The van der Waals surface area contributed by atoms with E-state index >= 15 is 0 Å². The molecule has 0 bridgehead atoms. The molecule has 1 fully saturated rings. The van der Waals surface area contributed by atoms with Crippen molar-refractivity contribution in [3.05, 3.63) is 72.0 Å². The van der Waals surface area contributed by atoms with Crippen molar-refractivity contribution in [1.82, 2.24) is 0 Å².